The van der Waals surface area contributed by atoms with E-state index in [-0.39, 0.29) is 30.3 Å². The van der Waals surface area contributed by atoms with Crippen molar-refractivity contribution in [1.29, 1.82) is 0 Å². The van der Waals surface area contributed by atoms with Gasteiger partial charge in [0.25, 0.3) is 5.56 Å². The number of hydrogen-bond acceptors (Lipinski definition) is 7. The number of carbonyl (C=O) groups is 1. The summed E-state index contributed by atoms with van der Waals surface area (Å²) in [4.78, 5) is 34.6. The number of aromatic nitrogens is 2. The number of nitrogens with zero attached hydrogens (tertiary/aromatic N) is 4. The van der Waals surface area contributed by atoms with Gasteiger partial charge in [0.1, 0.15) is 18.1 Å². The van der Waals surface area contributed by atoms with Crippen molar-refractivity contribution in [2.45, 2.75) is 33.0 Å². The Hall–Kier alpha value is -3.56. The lowest BCUT2D eigenvalue weighted by Gasteiger charge is -2.22. The average molecular weight is 568 g/mol. The summed E-state index contributed by atoms with van der Waals surface area (Å²) in [7, 11) is 5.61. The molecule has 2 aromatic carbocycles. The maximum Gasteiger partial charge on any atom is 0.410 e. The second-order valence-corrected chi connectivity index (χ2v) is 10.5. The molecule has 0 spiro atoms. The van der Waals surface area contributed by atoms with Crippen LogP contribution in [0.4, 0.5) is 16.3 Å². The summed E-state index contributed by atoms with van der Waals surface area (Å²) >= 11 is 6.57. The second-order valence-electron chi connectivity index (χ2n) is 10.1. The summed E-state index contributed by atoms with van der Waals surface area (Å²) in [5.41, 5.74) is 3.33. The van der Waals surface area contributed by atoms with E-state index in [4.69, 9.17) is 26.1 Å². The molecule has 2 atom stereocenters. The maximum atomic E-state index is 13.4. The molecular weight excluding hydrogens is 530 g/mol. The highest BCUT2D eigenvalue weighted by Gasteiger charge is 2.36. The minimum Gasteiger partial charge on any atom is -0.445 e. The minimum absolute atomic E-state index is 0.0109. The number of benzene rings is 2. The molecule has 1 aliphatic heterocycles. The van der Waals surface area contributed by atoms with E-state index in [1.165, 1.54) is 0 Å². The lowest BCUT2D eigenvalue weighted by molar-refractivity contribution is 0.0436. The number of ether oxygens (including phenoxy) is 2. The van der Waals surface area contributed by atoms with Gasteiger partial charge in [-0.15, -0.1) is 0 Å². The van der Waals surface area contributed by atoms with Gasteiger partial charge in [-0.1, -0.05) is 48.9 Å². The summed E-state index contributed by atoms with van der Waals surface area (Å²) < 4.78 is 13.1. The van der Waals surface area contributed by atoms with Gasteiger partial charge in [-0.25, -0.2) is 9.78 Å². The minimum atomic E-state index is -0.360. The van der Waals surface area contributed by atoms with Crippen LogP contribution in [0.1, 0.15) is 25.1 Å². The third-order valence-electron chi connectivity index (χ3n) is 7.18. The number of rotatable bonds is 10. The van der Waals surface area contributed by atoms with Crippen LogP contribution in [0.5, 0.6) is 0 Å². The highest BCUT2D eigenvalue weighted by atomic mass is 35.5. The number of halogens is 1. The van der Waals surface area contributed by atoms with Gasteiger partial charge in [0.2, 0.25) is 0 Å². The van der Waals surface area contributed by atoms with Gasteiger partial charge in [0.15, 0.2) is 0 Å². The fraction of sp³-hybridized carbons (Fsp3) is 0.433. The molecule has 1 aromatic heterocycles. The van der Waals surface area contributed by atoms with Crippen LogP contribution < -0.4 is 15.8 Å². The molecule has 9 nitrogen and oxygen atoms in total. The van der Waals surface area contributed by atoms with Crippen molar-refractivity contribution in [3.05, 3.63) is 75.2 Å². The lowest BCUT2D eigenvalue weighted by Crippen LogP contribution is -2.32. The van der Waals surface area contributed by atoms with Gasteiger partial charge >= 0.3 is 6.09 Å². The van der Waals surface area contributed by atoms with Crippen molar-refractivity contribution in [2.24, 2.45) is 13.0 Å². The molecule has 0 radical (unpaired) electrons. The zero-order valence-electron chi connectivity index (χ0n) is 23.8. The maximum absolute atomic E-state index is 13.4. The fourth-order valence-corrected chi connectivity index (χ4v) is 5.20. The molecular formula is C30H38ClN5O4. The second kappa shape index (κ2) is 13.2. The first-order valence-corrected chi connectivity index (χ1v) is 14.0. The predicted molar refractivity (Wildman–Crippen MR) is 159 cm³/mol. The van der Waals surface area contributed by atoms with Crippen LogP contribution in [0.2, 0.25) is 5.02 Å². The molecule has 214 valence electrons. The van der Waals surface area contributed by atoms with Crippen LogP contribution in [-0.2, 0) is 29.5 Å². The number of anilines is 2. The number of nitrogens with one attached hydrogen (secondary N) is 1. The van der Waals surface area contributed by atoms with Gasteiger partial charge < -0.3 is 24.6 Å². The Kier molecular flexibility index (Phi) is 9.71. The Morgan fingerprint density at radius 3 is 2.55 bits per heavy atom. The zero-order valence-corrected chi connectivity index (χ0v) is 24.6. The van der Waals surface area contributed by atoms with E-state index in [2.05, 4.69) is 5.32 Å². The number of aryl methyl sites for hydroxylation is 1. The van der Waals surface area contributed by atoms with Crippen molar-refractivity contribution in [3.63, 3.8) is 0 Å². The molecule has 2 heterocycles. The third kappa shape index (κ3) is 6.59. The van der Waals surface area contributed by atoms with Gasteiger partial charge in [0.05, 0.1) is 23.4 Å². The quantitative estimate of drug-likeness (QED) is 0.376. The number of amides is 1. The van der Waals surface area contributed by atoms with Crippen molar-refractivity contribution in [2.75, 3.05) is 50.6 Å². The van der Waals surface area contributed by atoms with Crippen LogP contribution in [0.3, 0.4) is 0 Å². The summed E-state index contributed by atoms with van der Waals surface area (Å²) in [5.74, 6) is 0.661. The monoisotopic (exact) mass is 567 g/mol. The normalized spacial score (nSPS) is 16.7. The Morgan fingerprint density at radius 2 is 1.90 bits per heavy atom. The van der Waals surface area contributed by atoms with Crippen molar-refractivity contribution in [1.82, 2.24) is 14.5 Å². The summed E-state index contributed by atoms with van der Waals surface area (Å²) in [6, 6.07) is 15.2. The molecule has 1 unspecified atom stereocenters. The number of likely N-dealkylation sites (tertiary alicyclic amines) is 1. The highest BCUT2D eigenvalue weighted by Crippen LogP contribution is 2.30. The molecule has 1 aliphatic rings. The Balaban J connectivity index is 1.49. The molecule has 4 rings (SSSR count). The van der Waals surface area contributed by atoms with Crippen LogP contribution in [0, 0.1) is 5.92 Å². The fourth-order valence-electron chi connectivity index (χ4n) is 4.93. The molecule has 40 heavy (non-hydrogen) atoms. The van der Waals surface area contributed by atoms with Crippen LogP contribution in [-0.4, -0.2) is 67.0 Å². The van der Waals surface area contributed by atoms with Crippen molar-refractivity contribution in [3.8, 4) is 11.3 Å². The summed E-state index contributed by atoms with van der Waals surface area (Å²) in [5, 5.41) is 3.92. The predicted octanol–water partition coefficient (Wildman–Crippen LogP) is 4.81. The summed E-state index contributed by atoms with van der Waals surface area (Å²) in [6.07, 6.45) is 0.111. The topological polar surface area (TPSA) is 88.9 Å². The molecule has 10 heteroatoms. The molecule has 1 N–H and O–H groups in total. The molecule has 0 saturated carbocycles. The third-order valence-corrected chi connectivity index (χ3v) is 7.49. The van der Waals surface area contributed by atoms with E-state index < -0.39 is 0 Å². The van der Waals surface area contributed by atoms with Gasteiger partial charge in [-0.05, 0) is 37.1 Å². The van der Waals surface area contributed by atoms with E-state index >= 15 is 0 Å². The first kappa shape index (κ1) is 29.4. The molecule has 3 aromatic rings. The van der Waals surface area contributed by atoms with Crippen LogP contribution >= 0.6 is 11.6 Å². The first-order valence-electron chi connectivity index (χ1n) is 13.6. The number of hydrogen-bond donors (Lipinski definition) is 1. The lowest BCUT2D eigenvalue weighted by atomic mass is 10.1. The molecule has 0 bridgehead atoms. The highest BCUT2D eigenvalue weighted by molar-refractivity contribution is 6.33. The van der Waals surface area contributed by atoms with Crippen molar-refractivity contribution < 1.29 is 14.3 Å². The van der Waals surface area contributed by atoms with E-state index in [1.807, 2.05) is 81.4 Å². The molecule has 1 fully saturated rings. The average Bonchev–Trinajstić information content (AvgIpc) is 3.36. The largest absolute Gasteiger partial charge is 0.445 e. The van der Waals surface area contributed by atoms with Gasteiger partial charge in [-0.2, -0.15) is 0 Å². The van der Waals surface area contributed by atoms with Crippen molar-refractivity contribution >= 4 is 29.2 Å². The van der Waals surface area contributed by atoms with E-state index in [1.54, 1.807) is 16.5 Å². The Labute approximate surface area is 240 Å². The zero-order chi connectivity index (χ0) is 28.8. The van der Waals surface area contributed by atoms with Crippen LogP contribution in [0.15, 0.2) is 53.3 Å². The SMILES string of the molecule is CCO[C@H]1CN(C(=O)OCc2ccccc2)CC1CNc1c(CC)nc(-c2ccc(N(C)C)cc2Cl)c(=O)n1C. The standard InChI is InChI=1S/C30H38ClN5O4/c1-6-25-28(35(5)29(37)27(33-25)23-14-13-22(34(3)4)15-24(23)31)32-16-21-17-36(18-26(21)39-7-2)30(38)40-19-20-11-9-8-10-12-20/h8-15,21,26,32H,6-7,16-19H2,1-5H3/t21?,26-/m0/s1. The first-order chi connectivity index (χ1) is 19.2. The Bertz CT molecular complexity index is 1380. The van der Waals surface area contributed by atoms with E-state index in [9.17, 15) is 9.59 Å². The van der Waals surface area contributed by atoms with Gasteiger partial charge in [-0.3, -0.25) is 9.36 Å². The smallest absolute Gasteiger partial charge is 0.410 e. The van der Waals surface area contributed by atoms with Crippen LogP contribution in [0.25, 0.3) is 11.3 Å². The Morgan fingerprint density at radius 1 is 1.15 bits per heavy atom. The van der Waals surface area contributed by atoms with Gasteiger partial charge in [0, 0.05) is 58.0 Å². The molecule has 1 amide bonds. The summed E-state index contributed by atoms with van der Waals surface area (Å²) in [6.45, 7) is 6.15. The van der Waals surface area contributed by atoms with E-state index in [0.717, 1.165) is 16.9 Å². The van der Waals surface area contributed by atoms with E-state index in [0.29, 0.717) is 54.8 Å². The molecule has 0 aliphatic carbocycles. The molecule has 1 saturated heterocycles. The number of carbonyl (C=O) groups excluding carboxylic acids is 1.